The fraction of sp³-hybridized carbons (Fsp3) is 0.167. The molecule has 0 atom stereocenters. The van der Waals surface area contributed by atoms with E-state index in [1.54, 1.807) is 31.4 Å². The molecule has 0 bridgehead atoms. The molecule has 6 nitrogen and oxygen atoms in total. The number of phenolic OH excluding ortho intramolecular Hbond substituents is 1. The summed E-state index contributed by atoms with van der Waals surface area (Å²) in [4.78, 5) is 12.7. The average Bonchev–Trinajstić information content (AvgIpc) is 2.60. The van der Waals surface area contributed by atoms with Crippen LogP contribution in [-0.2, 0) is 4.74 Å². The molecule has 124 valence electrons. The lowest BCUT2D eigenvalue weighted by Gasteiger charge is -2.08. The highest BCUT2D eigenvalue weighted by atomic mass is 16.7. The summed E-state index contributed by atoms with van der Waals surface area (Å²) in [6.45, 7) is 0.0269. The first-order valence-corrected chi connectivity index (χ1v) is 7.18. The number of hydrogen-bond donors (Lipinski definition) is 1. The highest BCUT2D eigenvalue weighted by Crippen LogP contribution is 2.30. The number of aromatic hydroxyl groups is 1. The molecule has 6 heteroatoms. The fourth-order valence-electron chi connectivity index (χ4n) is 2.39. The number of ether oxygens (including phenoxy) is 3. The second kappa shape index (κ2) is 6.64. The third-order valence-corrected chi connectivity index (χ3v) is 3.57. The van der Waals surface area contributed by atoms with Crippen LogP contribution >= 0.6 is 0 Å². The summed E-state index contributed by atoms with van der Waals surface area (Å²) in [5.41, 5.74) is 0.942. The minimum absolute atomic E-state index is 0.0269. The van der Waals surface area contributed by atoms with Gasteiger partial charge in [0.25, 0.3) is 0 Å². The molecule has 0 saturated carbocycles. The number of rotatable bonds is 5. The van der Waals surface area contributed by atoms with Crippen LogP contribution < -0.4 is 14.9 Å². The molecule has 0 saturated heterocycles. The van der Waals surface area contributed by atoms with E-state index in [0.717, 1.165) is 0 Å². The number of benzene rings is 2. The van der Waals surface area contributed by atoms with Gasteiger partial charge in [-0.25, -0.2) is 0 Å². The van der Waals surface area contributed by atoms with E-state index in [-0.39, 0.29) is 28.9 Å². The number of phenols is 1. The van der Waals surface area contributed by atoms with E-state index < -0.39 is 0 Å². The van der Waals surface area contributed by atoms with Crippen molar-refractivity contribution in [3.63, 3.8) is 0 Å². The Morgan fingerprint density at radius 1 is 1.08 bits per heavy atom. The Bertz CT molecular complexity index is 911. The quantitative estimate of drug-likeness (QED) is 0.725. The fourth-order valence-corrected chi connectivity index (χ4v) is 2.39. The Balaban J connectivity index is 2.10. The van der Waals surface area contributed by atoms with Crippen molar-refractivity contribution in [1.29, 1.82) is 0 Å². The average molecular weight is 328 g/mol. The molecule has 0 aliphatic rings. The number of hydrogen-bond acceptors (Lipinski definition) is 6. The lowest BCUT2D eigenvalue weighted by Crippen LogP contribution is -2.06. The minimum atomic E-state index is -0.322. The predicted molar refractivity (Wildman–Crippen MR) is 88.6 cm³/mol. The Morgan fingerprint density at radius 2 is 1.83 bits per heavy atom. The number of methoxy groups -OCH3 is 2. The molecule has 0 unspecified atom stereocenters. The van der Waals surface area contributed by atoms with E-state index in [2.05, 4.69) is 0 Å². The molecule has 1 heterocycles. The van der Waals surface area contributed by atoms with Crippen LogP contribution in [0.2, 0.25) is 0 Å². The van der Waals surface area contributed by atoms with Crippen molar-refractivity contribution >= 4 is 11.0 Å². The molecule has 0 aliphatic carbocycles. The van der Waals surface area contributed by atoms with Gasteiger partial charge in [0.1, 0.15) is 34.5 Å². The summed E-state index contributed by atoms with van der Waals surface area (Å²) in [6, 6.07) is 9.90. The van der Waals surface area contributed by atoms with E-state index in [1.165, 1.54) is 25.5 Å². The maximum Gasteiger partial charge on any atom is 0.204 e. The minimum Gasteiger partial charge on any atom is -0.507 e. The van der Waals surface area contributed by atoms with E-state index >= 15 is 0 Å². The lowest BCUT2D eigenvalue weighted by molar-refractivity contribution is 0.0510. The second-order valence-electron chi connectivity index (χ2n) is 5.07. The molecular weight excluding hydrogens is 312 g/mol. The van der Waals surface area contributed by atoms with Gasteiger partial charge in [0, 0.05) is 19.2 Å². The SMILES string of the molecule is COCOc1cc(O)c2c(=O)c(-c3ccc(OC)cc3)coc2c1. The van der Waals surface area contributed by atoms with Gasteiger partial charge in [-0.1, -0.05) is 12.1 Å². The van der Waals surface area contributed by atoms with E-state index in [0.29, 0.717) is 22.6 Å². The molecule has 3 rings (SSSR count). The standard InChI is InChI=1S/C18H16O6/c1-21-10-24-13-7-15(19)17-16(8-13)23-9-14(18(17)20)11-3-5-12(22-2)6-4-11/h3-9,19H,10H2,1-2H3. The summed E-state index contributed by atoms with van der Waals surface area (Å²) in [5.74, 6) is 0.830. The van der Waals surface area contributed by atoms with Crippen LogP contribution in [0.5, 0.6) is 17.2 Å². The molecule has 0 aliphatic heterocycles. The van der Waals surface area contributed by atoms with Crippen molar-refractivity contribution in [2.24, 2.45) is 0 Å². The van der Waals surface area contributed by atoms with Gasteiger partial charge in [-0.15, -0.1) is 0 Å². The first kappa shape index (κ1) is 15.9. The molecule has 0 amide bonds. The van der Waals surface area contributed by atoms with Gasteiger partial charge in [0.2, 0.25) is 5.43 Å². The first-order chi connectivity index (χ1) is 11.6. The van der Waals surface area contributed by atoms with Crippen molar-refractivity contribution < 1.29 is 23.7 Å². The molecular formula is C18H16O6. The molecule has 3 aromatic rings. The number of fused-ring (bicyclic) bond motifs is 1. The van der Waals surface area contributed by atoms with Crippen molar-refractivity contribution in [2.75, 3.05) is 21.0 Å². The van der Waals surface area contributed by atoms with Crippen LogP contribution in [0.25, 0.3) is 22.1 Å². The van der Waals surface area contributed by atoms with Gasteiger partial charge in [-0.3, -0.25) is 4.79 Å². The van der Waals surface area contributed by atoms with Crippen LogP contribution in [-0.4, -0.2) is 26.1 Å². The third kappa shape index (κ3) is 2.91. The van der Waals surface area contributed by atoms with Crippen molar-refractivity contribution in [2.45, 2.75) is 0 Å². The maximum atomic E-state index is 12.7. The molecule has 2 aromatic carbocycles. The maximum absolute atomic E-state index is 12.7. The predicted octanol–water partition coefficient (Wildman–Crippen LogP) is 3.16. The Kier molecular flexibility index (Phi) is 4.39. The summed E-state index contributed by atoms with van der Waals surface area (Å²) in [6.07, 6.45) is 1.37. The van der Waals surface area contributed by atoms with Crippen LogP contribution in [0, 0.1) is 0 Å². The van der Waals surface area contributed by atoms with Gasteiger partial charge in [0.05, 0.1) is 12.7 Å². The van der Waals surface area contributed by atoms with Crippen LogP contribution in [0.4, 0.5) is 0 Å². The molecule has 0 fully saturated rings. The van der Waals surface area contributed by atoms with E-state index in [1.807, 2.05) is 0 Å². The molecule has 24 heavy (non-hydrogen) atoms. The van der Waals surface area contributed by atoms with Gasteiger partial charge < -0.3 is 23.7 Å². The Labute approximate surface area is 137 Å². The lowest BCUT2D eigenvalue weighted by atomic mass is 10.0. The molecule has 0 spiro atoms. The van der Waals surface area contributed by atoms with Gasteiger partial charge in [0.15, 0.2) is 6.79 Å². The van der Waals surface area contributed by atoms with Crippen LogP contribution in [0.1, 0.15) is 0 Å². The van der Waals surface area contributed by atoms with Crippen LogP contribution in [0.15, 0.2) is 51.9 Å². The normalized spacial score (nSPS) is 10.8. The van der Waals surface area contributed by atoms with Gasteiger partial charge in [-0.05, 0) is 17.7 Å². The van der Waals surface area contributed by atoms with Crippen LogP contribution in [0.3, 0.4) is 0 Å². The summed E-state index contributed by atoms with van der Waals surface area (Å²) in [5, 5.41) is 10.3. The second-order valence-corrected chi connectivity index (χ2v) is 5.07. The van der Waals surface area contributed by atoms with Crippen molar-refractivity contribution in [3.05, 3.63) is 52.9 Å². The van der Waals surface area contributed by atoms with E-state index in [9.17, 15) is 9.90 Å². The topological polar surface area (TPSA) is 78.1 Å². The Hall–Kier alpha value is -2.99. The van der Waals surface area contributed by atoms with E-state index in [4.69, 9.17) is 18.6 Å². The summed E-state index contributed by atoms with van der Waals surface area (Å²) in [7, 11) is 3.06. The van der Waals surface area contributed by atoms with Gasteiger partial charge >= 0.3 is 0 Å². The largest absolute Gasteiger partial charge is 0.507 e. The Morgan fingerprint density at radius 3 is 2.50 bits per heavy atom. The van der Waals surface area contributed by atoms with Crippen molar-refractivity contribution in [1.82, 2.24) is 0 Å². The highest BCUT2D eigenvalue weighted by Gasteiger charge is 2.14. The molecule has 0 radical (unpaired) electrons. The van der Waals surface area contributed by atoms with Crippen molar-refractivity contribution in [3.8, 4) is 28.4 Å². The molecule has 1 N–H and O–H groups in total. The van der Waals surface area contributed by atoms with Gasteiger partial charge in [-0.2, -0.15) is 0 Å². The third-order valence-electron chi connectivity index (χ3n) is 3.57. The summed E-state index contributed by atoms with van der Waals surface area (Å²) >= 11 is 0. The zero-order valence-corrected chi connectivity index (χ0v) is 13.2. The zero-order valence-electron chi connectivity index (χ0n) is 13.2. The highest BCUT2D eigenvalue weighted by molar-refractivity contribution is 5.88. The zero-order chi connectivity index (χ0) is 17.1. The first-order valence-electron chi connectivity index (χ1n) is 7.18. The molecule has 1 aromatic heterocycles. The smallest absolute Gasteiger partial charge is 0.204 e. The summed E-state index contributed by atoms with van der Waals surface area (Å²) < 4.78 is 20.7. The monoisotopic (exact) mass is 328 g/mol.